The van der Waals surface area contributed by atoms with Gasteiger partial charge in [0.1, 0.15) is 5.75 Å². The number of halogens is 1. The first-order valence-corrected chi connectivity index (χ1v) is 10.0. The predicted molar refractivity (Wildman–Crippen MR) is 82.0 cm³/mol. The van der Waals surface area contributed by atoms with Gasteiger partial charge in [-0.05, 0) is 35.8 Å². The molecule has 0 bridgehead atoms. The number of benzene rings is 1. The second-order valence-electron chi connectivity index (χ2n) is 5.64. The molecular formula is C13H21IOSi. The van der Waals surface area contributed by atoms with Crippen LogP contribution in [0.3, 0.4) is 0 Å². The Morgan fingerprint density at radius 3 is 2.38 bits per heavy atom. The van der Waals surface area contributed by atoms with E-state index in [9.17, 15) is 0 Å². The Bertz CT molecular complexity index is 355. The third-order valence-electron chi connectivity index (χ3n) is 3.23. The van der Waals surface area contributed by atoms with Crippen LogP contribution in [0.15, 0.2) is 24.3 Å². The van der Waals surface area contributed by atoms with Crippen LogP contribution < -0.4 is 4.43 Å². The topological polar surface area (TPSA) is 9.23 Å². The molecule has 16 heavy (non-hydrogen) atoms. The maximum absolute atomic E-state index is 6.24. The van der Waals surface area contributed by atoms with Gasteiger partial charge in [-0.15, -0.1) is 0 Å². The zero-order valence-electron chi connectivity index (χ0n) is 10.8. The lowest BCUT2D eigenvalue weighted by Crippen LogP contribution is -2.43. The normalized spacial score (nSPS) is 12.6. The summed E-state index contributed by atoms with van der Waals surface area (Å²) in [5.41, 5.74) is 1.33. The number of rotatable bonds is 3. The molecule has 0 fully saturated rings. The van der Waals surface area contributed by atoms with E-state index in [1.54, 1.807) is 0 Å². The lowest BCUT2D eigenvalue weighted by Gasteiger charge is -2.36. The molecule has 1 aromatic rings. The highest BCUT2D eigenvalue weighted by Gasteiger charge is 2.38. The van der Waals surface area contributed by atoms with E-state index in [1.165, 1.54) is 5.56 Å². The molecule has 0 atom stereocenters. The molecule has 3 heteroatoms. The van der Waals surface area contributed by atoms with E-state index in [0.29, 0.717) is 0 Å². The number of hydrogen-bond acceptors (Lipinski definition) is 1. The molecule has 0 unspecified atom stereocenters. The van der Waals surface area contributed by atoms with Gasteiger partial charge in [0.2, 0.25) is 8.32 Å². The van der Waals surface area contributed by atoms with Gasteiger partial charge in [-0.2, -0.15) is 0 Å². The molecule has 0 radical (unpaired) electrons. The number of hydrogen-bond donors (Lipinski definition) is 0. The van der Waals surface area contributed by atoms with E-state index in [-0.39, 0.29) is 5.04 Å². The van der Waals surface area contributed by atoms with E-state index in [0.717, 1.165) is 10.2 Å². The van der Waals surface area contributed by atoms with Gasteiger partial charge >= 0.3 is 0 Å². The highest BCUT2D eigenvalue weighted by molar-refractivity contribution is 14.1. The molecule has 0 aliphatic heterocycles. The van der Waals surface area contributed by atoms with Gasteiger partial charge in [0.25, 0.3) is 0 Å². The minimum Gasteiger partial charge on any atom is -0.543 e. The molecule has 0 aromatic heterocycles. The largest absolute Gasteiger partial charge is 0.543 e. The average molecular weight is 348 g/mol. The Morgan fingerprint density at radius 2 is 1.88 bits per heavy atom. The van der Waals surface area contributed by atoms with E-state index < -0.39 is 8.32 Å². The second-order valence-corrected chi connectivity index (χ2v) is 11.1. The summed E-state index contributed by atoms with van der Waals surface area (Å²) in [6.45, 7) is 11.4. The van der Waals surface area contributed by atoms with Gasteiger partial charge in [-0.3, -0.25) is 0 Å². The van der Waals surface area contributed by atoms with Crippen molar-refractivity contribution in [3.05, 3.63) is 29.8 Å². The van der Waals surface area contributed by atoms with Crippen molar-refractivity contribution in [2.75, 3.05) is 0 Å². The summed E-state index contributed by atoms with van der Waals surface area (Å²) in [6.07, 6.45) is 0. The van der Waals surface area contributed by atoms with Gasteiger partial charge in [0, 0.05) is 4.43 Å². The zero-order valence-corrected chi connectivity index (χ0v) is 14.0. The van der Waals surface area contributed by atoms with Crippen molar-refractivity contribution in [2.24, 2.45) is 0 Å². The van der Waals surface area contributed by atoms with Crippen LogP contribution in [0.2, 0.25) is 18.1 Å². The molecule has 90 valence electrons. The number of alkyl halides is 1. The molecule has 0 aliphatic carbocycles. The first-order chi connectivity index (χ1) is 7.26. The van der Waals surface area contributed by atoms with Crippen molar-refractivity contribution >= 4 is 30.9 Å². The fraction of sp³-hybridized carbons (Fsp3) is 0.538. The lowest BCUT2D eigenvalue weighted by molar-refractivity contribution is 0.492. The summed E-state index contributed by atoms with van der Waals surface area (Å²) in [5.74, 6) is 1.03. The molecule has 0 saturated heterocycles. The molecule has 0 N–H and O–H groups in total. The highest BCUT2D eigenvalue weighted by atomic mass is 127. The first-order valence-electron chi connectivity index (χ1n) is 5.60. The molecule has 1 nitrogen and oxygen atoms in total. The smallest absolute Gasteiger partial charge is 0.250 e. The van der Waals surface area contributed by atoms with E-state index in [4.69, 9.17) is 4.43 Å². The Hall–Kier alpha value is -0.0331. The van der Waals surface area contributed by atoms with Crippen molar-refractivity contribution in [1.29, 1.82) is 0 Å². The fourth-order valence-corrected chi connectivity index (χ4v) is 2.64. The second kappa shape index (κ2) is 5.08. The molecule has 0 saturated carbocycles. The molecule has 0 aliphatic rings. The minimum atomic E-state index is -1.68. The third kappa shape index (κ3) is 3.48. The van der Waals surface area contributed by atoms with Crippen LogP contribution in [0.1, 0.15) is 26.3 Å². The molecule has 0 amide bonds. The fourth-order valence-electron chi connectivity index (χ4n) is 1.14. The van der Waals surface area contributed by atoms with Crippen molar-refractivity contribution in [2.45, 2.75) is 43.3 Å². The van der Waals surface area contributed by atoms with Crippen LogP contribution in [0.25, 0.3) is 0 Å². The summed E-state index contributed by atoms with van der Waals surface area (Å²) < 4.78 is 7.28. The van der Waals surface area contributed by atoms with Crippen LogP contribution in [0.5, 0.6) is 5.75 Å². The van der Waals surface area contributed by atoms with Crippen LogP contribution in [0.4, 0.5) is 0 Å². The van der Waals surface area contributed by atoms with E-state index in [2.05, 4.69) is 80.7 Å². The van der Waals surface area contributed by atoms with Crippen molar-refractivity contribution in [3.63, 3.8) is 0 Å². The standard InChI is InChI=1S/C13H21IOSi/c1-13(2,3)16(4,5)15-12-8-6-7-11(9-12)10-14/h6-9H,10H2,1-5H3. The van der Waals surface area contributed by atoms with Crippen LogP contribution in [-0.2, 0) is 4.43 Å². The summed E-state index contributed by atoms with van der Waals surface area (Å²) >= 11 is 2.38. The third-order valence-corrected chi connectivity index (χ3v) is 8.47. The van der Waals surface area contributed by atoms with Crippen LogP contribution in [0, 0.1) is 0 Å². The van der Waals surface area contributed by atoms with Gasteiger partial charge in [0.05, 0.1) is 0 Å². The molecular weight excluding hydrogens is 327 g/mol. The Labute approximate surface area is 114 Å². The van der Waals surface area contributed by atoms with Gasteiger partial charge < -0.3 is 4.43 Å². The van der Waals surface area contributed by atoms with Crippen molar-refractivity contribution in [3.8, 4) is 5.75 Å². The minimum absolute atomic E-state index is 0.257. The summed E-state index contributed by atoms with van der Waals surface area (Å²) in [7, 11) is -1.68. The van der Waals surface area contributed by atoms with E-state index in [1.807, 2.05) is 0 Å². The molecule has 0 spiro atoms. The lowest BCUT2D eigenvalue weighted by atomic mass is 10.2. The van der Waals surface area contributed by atoms with Crippen LogP contribution >= 0.6 is 22.6 Å². The molecule has 0 heterocycles. The zero-order chi connectivity index (χ0) is 12.4. The summed E-state index contributed by atoms with van der Waals surface area (Å²) in [4.78, 5) is 0. The van der Waals surface area contributed by atoms with Crippen LogP contribution in [-0.4, -0.2) is 8.32 Å². The Morgan fingerprint density at radius 1 is 1.25 bits per heavy atom. The first kappa shape index (κ1) is 14.0. The SMILES string of the molecule is CC(C)(C)[Si](C)(C)Oc1cccc(CI)c1. The van der Waals surface area contributed by atoms with Gasteiger partial charge in [0.15, 0.2) is 0 Å². The average Bonchev–Trinajstić information content (AvgIpc) is 2.15. The maximum atomic E-state index is 6.24. The highest BCUT2D eigenvalue weighted by Crippen LogP contribution is 2.37. The Balaban J connectivity index is 2.88. The molecule has 1 rings (SSSR count). The van der Waals surface area contributed by atoms with Crippen molar-refractivity contribution < 1.29 is 4.43 Å². The maximum Gasteiger partial charge on any atom is 0.250 e. The quantitative estimate of drug-likeness (QED) is 0.424. The molecule has 1 aromatic carbocycles. The Kier molecular flexibility index (Phi) is 4.46. The predicted octanol–water partition coefficient (Wildman–Crippen LogP) is 5.01. The monoisotopic (exact) mass is 348 g/mol. The summed E-state index contributed by atoms with van der Waals surface area (Å²) in [5, 5.41) is 0.257. The summed E-state index contributed by atoms with van der Waals surface area (Å²) in [6, 6.07) is 8.45. The van der Waals surface area contributed by atoms with Gasteiger partial charge in [-0.1, -0.05) is 55.5 Å². The van der Waals surface area contributed by atoms with E-state index >= 15 is 0 Å². The van der Waals surface area contributed by atoms with Crippen molar-refractivity contribution in [1.82, 2.24) is 0 Å². The van der Waals surface area contributed by atoms with Gasteiger partial charge in [-0.25, -0.2) is 0 Å².